The molecule has 28 heavy (non-hydrogen) atoms. The molecule has 0 aliphatic carbocycles. The van der Waals surface area contributed by atoms with E-state index in [1.807, 2.05) is 47.5 Å². The van der Waals surface area contributed by atoms with Crippen LogP contribution in [0.2, 0.25) is 0 Å². The average Bonchev–Trinajstić information content (AvgIpc) is 3.32. The summed E-state index contributed by atoms with van der Waals surface area (Å²) in [6.07, 6.45) is 6.34. The normalized spacial score (nSPS) is 20.6. The van der Waals surface area contributed by atoms with E-state index in [1.165, 1.54) is 0 Å². The number of benzene rings is 1. The second-order valence-corrected chi connectivity index (χ2v) is 7.68. The van der Waals surface area contributed by atoms with Gasteiger partial charge >= 0.3 is 0 Å². The SMILES string of the molecule is O=C(c1c[nH]c2ccccc12)N1CC2(C1)OCC[C@@H]2COCc1ccncc1. The highest BCUT2D eigenvalue weighted by Gasteiger charge is 2.54. The maximum absolute atomic E-state index is 13.0. The third kappa shape index (κ3) is 2.99. The predicted molar refractivity (Wildman–Crippen MR) is 105 cm³/mol. The van der Waals surface area contributed by atoms with Crippen LogP contribution in [0.25, 0.3) is 10.9 Å². The summed E-state index contributed by atoms with van der Waals surface area (Å²) in [7, 11) is 0. The minimum absolute atomic E-state index is 0.0648. The number of carbonyl (C=O) groups is 1. The van der Waals surface area contributed by atoms with Gasteiger partial charge in [-0.3, -0.25) is 9.78 Å². The molecule has 4 heterocycles. The molecule has 6 heteroatoms. The second kappa shape index (κ2) is 7.04. The van der Waals surface area contributed by atoms with Gasteiger partial charge < -0.3 is 19.4 Å². The Morgan fingerprint density at radius 1 is 1.25 bits per heavy atom. The molecule has 1 amide bonds. The topological polar surface area (TPSA) is 67.5 Å². The van der Waals surface area contributed by atoms with Gasteiger partial charge in [0.15, 0.2) is 0 Å². The number of carbonyl (C=O) groups excluding carboxylic acids is 1. The van der Waals surface area contributed by atoms with Crippen LogP contribution in [0.3, 0.4) is 0 Å². The molecule has 2 aliphatic heterocycles. The van der Waals surface area contributed by atoms with E-state index in [-0.39, 0.29) is 11.5 Å². The Kier molecular flexibility index (Phi) is 4.37. The summed E-state index contributed by atoms with van der Waals surface area (Å²) in [5.41, 5.74) is 2.59. The van der Waals surface area contributed by atoms with Crippen molar-refractivity contribution in [2.75, 3.05) is 26.3 Å². The van der Waals surface area contributed by atoms with Gasteiger partial charge in [0.25, 0.3) is 5.91 Å². The summed E-state index contributed by atoms with van der Waals surface area (Å²) in [6, 6.07) is 11.8. The van der Waals surface area contributed by atoms with Gasteiger partial charge in [-0.15, -0.1) is 0 Å². The first-order valence-electron chi connectivity index (χ1n) is 9.71. The molecule has 2 aliphatic rings. The first kappa shape index (κ1) is 17.4. The van der Waals surface area contributed by atoms with Crippen LogP contribution >= 0.6 is 0 Å². The quantitative estimate of drug-likeness (QED) is 0.742. The van der Waals surface area contributed by atoms with Crippen molar-refractivity contribution in [1.82, 2.24) is 14.9 Å². The molecule has 1 aromatic carbocycles. The van der Waals surface area contributed by atoms with E-state index in [9.17, 15) is 4.79 Å². The highest BCUT2D eigenvalue weighted by molar-refractivity contribution is 6.07. The number of nitrogens with one attached hydrogen (secondary N) is 1. The molecule has 5 rings (SSSR count). The highest BCUT2D eigenvalue weighted by atomic mass is 16.5. The molecule has 0 unspecified atom stereocenters. The summed E-state index contributed by atoms with van der Waals surface area (Å²) < 4.78 is 12.0. The van der Waals surface area contributed by atoms with Gasteiger partial charge in [0.1, 0.15) is 5.60 Å². The zero-order valence-electron chi connectivity index (χ0n) is 15.6. The van der Waals surface area contributed by atoms with E-state index in [4.69, 9.17) is 9.47 Å². The van der Waals surface area contributed by atoms with Gasteiger partial charge in [-0.05, 0) is 30.2 Å². The smallest absolute Gasteiger partial charge is 0.256 e. The zero-order valence-corrected chi connectivity index (χ0v) is 15.6. The third-order valence-corrected chi connectivity index (χ3v) is 5.96. The molecule has 1 spiro atoms. The Balaban J connectivity index is 1.21. The minimum Gasteiger partial charge on any atom is -0.376 e. The maximum atomic E-state index is 13.0. The van der Waals surface area contributed by atoms with Crippen LogP contribution in [-0.2, 0) is 16.1 Å². The summed E-state index contributed by atoms with van der Waals surface area (Å²) in [5.74, 6) is 0.386. The molecule has 0 radical (unpaired) electrons. The Labute approximate surface area is 163 Å². The van der Waals surface area contributed by atoms with Crippen molar-refractivity contribution >= 4 is 16.8 Å². The highest BCUT2D eigenvalue weighted by Crippen LogP contribution is 2.41. The van der Waals surface area contributed by atoms with E-state index >= 15 is 0 Å². The fourth-order valence-electron chi connectivity index (χ4n) is 4.33. The number of rotatable bonds is 5. The second-order valence-electron chi connectivity index (χ2n) is 7.68. The standard InChI is InChI=1S/C22H23N3O3/c26-21(19-11-24-20-4-2-1-3-18(19)20)25-14-22(15-25)17(7-10-28-22)13-27-12-16-5-8-23-9-6-16/h1-6,8-9,11,17,24H,7,10,12-15H2/t17-/m1/s1. The number of ether oxygens (including phenoxy) is 2. The van der Waals surface area contributed by atoms with Crippen molar-refractivity contribution in [3.05, 3.63) is 66.1 Å². The maximum Gasteiger partial charge on any atom is 0.256 e. The summed E-state index contributed by atoms with van der Waals surface area (Å²) in [5, 5.41) is 0.970. The van der Waals surface area contributed by atoms with Crippen molar-refractivity contribution in [1.29, 1.82) is 0 Å². The van der Waals surface area contributed by atoms with E-state index in [2.05, 4.69) is 9.97 Å². The summed E-state index contributed by atoms with van der Waals surface area (Å²) >= 11 is 0. The lowest BCUT2D eigenvalue weighted by molar-refractivity contribution is -0.128. The van der Waals surface area contributed by atoms with Crippen LogP contribution in [0.5, 0.6) is 0 Å². The van der Waals surface area contributed by atoms with Gasteiger partial charge in [-0.1, -0.05) is 18.2 Å². The number of likely N-dealkylation sites (tertiary alicyclic amines) is 1. The van der Waals surface area contributed by atoms with Crippen LogP contribution in [0.4, 0.5) is 0 Å². The largest absolute Gasteiger partial charge is 0.376 e. The number of fused-ring (bicyclic) bond motifs is 1. The third-order valence-electron chi connectivity index (χ3n) is 5.96. The first-order chi connectivity index (χ1) is 13.8. The number of H-pyrrole nitrogens is 1. The van der Waals surface area contributed by atoms with Crippen LogP contribution in [-0.4, -0.2) is 52.7 Å². The van der Waals surface area contributed by atoms with Crippen LogP contribution < -0.4 is 0 Å². The molecule has 0 bridgehead atoms. The van der Waals surface area contributed by atoms with Crippen molar-refractivity contribution in [2.24, 2.45) is 5.92 Å². The van der Waals surface area contributed by atoms with Crippen molar-refractivity contribution in [3.63, 3.8) is 0 Å². The molecule has 0 saturated carbocycles. The predicted octanol–water partition coefficient (Wildman–Crippen LogP) is 3.01. The van der Waals surface area contributed by atoms with Crippen LogP contribution in [0, 0.1) is 5.92 Å². The number of nitrogens with zero attached hydrogens (tertiary/aromatic N) is 2. The number of para-hydroxylation sites is 1. The molecule has 2 fully saturated rings. The first-order valence-corrected chi connectivity index (χ1v) is 9.71. The molecule has 6 nitrogen and oxygen atoms in total. The van der Waals surface area contributed by atoms with Crippen LogP contribution in [0.1, 0.15) is 22.3 Å². The molecular weight excluding hydrogens is 354 g/mol. The molecule has 3 aromatic rings. The minimum atomic E-state index is -0.250. The Hall–Kier alpha value is -2.70. The number of hydrogen-bond acceptors (Lipinski definition) is 4. The van der Waals surface area contributed by atoms with Gasteiger partial charge in [-0.25, -0.2) is 0 Å². The summed E-state index contributed by atoms with van der Waals surface area (Å²) in [6.45, 7) is 3.23. The van der Waals surface area contributed by atoms with E-state index in [0.717, 1.165) is 35.1 Å². The number of aromatic nitrogens is 2. The number of hydrogen-bond donors (Lipinski definition) is 1. The zero-order chi connectivity index (χ0) is 19.0. The molecular formula is C22H23N3O3. The van der Waals surface area contributed by atoms with Gasteiger partial charge in [0.05, 0.1) is 31.9 Å². The van der Waals surface area contributed by atoms with Crippen molar-refractivity contribution in [2.45, 2.75) is 18.6 Å². The fourth-order valence-corrected chi connectivity index (χ4v) is 4.33. The molecule has 2 aromatic heterocycles. The van der Waals surface area contributed by atoms with Crippen molar-refractivity contribution < 1.29 is 14.3 Å². The van der Waals surface area contributed by atoms with Crippen LogP contribution in [0.15, 0.2) is 55.0 Å². The van der Waals surface area contributed by atoms with Gasteiger partial charge in [-0.2, -0.15) is 0 Å². The molecule has 1 atom stereocenters. The molecule has 2 saturated heterocycles. The Morgan fingerprint density at radius 3 is 2.93 bits per heavy atom. The number of aromatic amines is 1. The fraction of sp³-hybridized carbons (Fsp3) is 0.364. The van der Waals surface area contributed by atoms with E-state index in [1.54, 1.807) is 12.4 Å². The monoisotopic (exact) mass is 377 g/mol. The lowest BCUT2D eigenvalue weighted by atomic mass is 9.81. The number of pyridine rings is 1. The molecule has 1 N–H and O–H groups in total. The lowest BCUT2D eigenvalue weighted by Crippen LogP contribution is -2.66. The van der Waals surface area contributed by atoms with Gasteiger partial charge in [0.2, 0.25) is 0 Å². The van der Waals surface area contributed by atoms with Crippen molar-refractivity contribution in [3.8, 4) is 0 Å². The number of amides is 1. The van der Waals surface area contributed by atoms with Gasteiger partial charge in [0, 0.05) is 42.0 Å². The summed E-state index contributed by atoms with van der Waals surface area (Å²) in [4.78, 5) is 22.1. The Bertz CT molecular complexity index is 979. The van der Waals surface area contributed by atoms with E-state index in [0.29, 0.717) is 32.2 Å². The Morgan fingerprint density at radius 2 is 2.07 bits per heavy atom. The average molecular weight is 377 g/mol. The molecule has 144 valence electrons. The lowest BCUT2D eigenvalue weighted by Gasteiger charge is -2.50. The van der Waals surface area contributed by atoms with E-state index < -0.39 is 0 Å².